The Morgan fingerprint density at radius 3 is 1.17 bits per heavy atom. The molecule has 12 aliphatic rings. The number of likely N-dealkylation sites (tertiary alicyclic amines) is 3. The largest absolute Gasteiger partial charge is 0.363 e. The number of nitrogens with two attached hydrogens (primary N) is 2. The lowest BCUT2D eigenvalue weighted by atomic mass is 9.83. The van der Waals surface area contributed by atoms with Crippen LogP contribution in [0.5, 0.6) is 0 Å². The topological polar surface area (TPSA) is 550 Å². The van der Waals surface area contributed by atoms with E-state index in [0.29, 0.717) is 69.7 Å². The molecule has 11 fully saturated rings. The van der Waals surface area contributed by atoms with Crippen LogP contribution in [0.2, 0.25) is 0 Å². The Morgan fingerprint density at radius 2 is 0.821 bits per heavy atom. The van der Waals surface area contributed by atoms with Crippen LogP contribution < -0.4 is 64.6 Å². The molecule has 5 saturated heterocycles. The molecule has 0 aromatic carbocycles. The second-order valence-corrected chi connectivity index (χ2v) is 57.1. The number of ketones is 3. The van der Waals surface area contributed by atoms with E-state index < -0.39 is 212 Å². The first-order valence-corrected chi connectivity index (χ1v) is 57.7. The van der Waals surface area contributed by atoms with Crippen LogP contribution >= 0.6 is 11.3 Å². The van der Waals surface area contributed by atoms with Gasteiger partial charge in [0.1, 0.15) is 36.3 Å². The summed E-state index contributed by atoms with van der Waals surface area (Å²) >= 11 is 1.39. The number of unbranched alkanes of at least 4 members (excludes halogenated alkanes) is 1. The second-order valence-electron chi connectivity index (χ2n) is 50.0. The minimum atomic E-state index is -3.68. The fourth-order valence-corrected chi connectivity index (χ4v) is 28.8. The molecule has 39 nitrogen and oxygen atoms in total. The van der Waals surface area contributed by atoms with Crippen molar-refractivity contribution in [2.45, 2.75) is 352 Å². The Morgan fingerprint density at radius 1 is 0.455 bits per heavy atom. The Hall–Kier alpha value is -8.78. The predicted molar refractivity (Wildman–Crippen MR) is 548 cm³/mol. The second kappa shape index (κ2) is 44.8. The highest BCUT2D eigenvalue weighted by Crippen LogP contribution is 2.67. The molecule has 15 amide bonds. The molecule has 18 atom stereocenters. The van der Waals surface area contributed by atoms with Crippen molar-refractivity contribution in [1.29, 1.82) is 0 Å². The number of Topliss-reactive ketones (excluding diaryl/α,β-unsaturated/α-hetero) is 3. The van der Waals surface area contributed by atoms with Crippen LogP contribution in [-0.2, 0) is 94.1 Å². The lowest BCUT2D eigenvalue weighted by Crippen LogP contribution is -2.63. The molecule has 6 aliphatic carbocycles. The summed E-state index contributed by atoms with van der Waals surface area (Å²) < 4.78 is 81.6. The molecule has 6 saturated carbocycles. The van der Waals surface area contributed by atoms with E-state index in [9.17, 15) is 97.2 Å². The molecule has 1 aromatic rings. The number of thiophene rings is 1. The average Bonchev–Trinajstić information content (AvgIpc) is 1.53. The number of hydrogen-bond donors (Lipinski definition) is 12. The van der Waals surface area contributed by atoms with Crippen molar-refractivity contribution in [3.05, 3.63) is 29.0 Å². The number of amides is 15. The van der Waals surface area contributed by atoms with Gasteiger partial charge in [-0.1, -0.05) is 216 Å². The van der Waals surface area contributed by atoms with E-state index in [1.165, 1.54) is 40.1 Å². The van der Waals surface area contributed by atoms with Gasteiger partial charge in [0.15, 0.2) is 0 Å². The number of urea groups is 3. The summed E-state index contributed by atoms with van der Waals surface area (Å²) in [5.41, 5.74) is 7.01. The minimum absolute atomic E-state index is 0.0619. The van der Waals surface area contributed by atoms with Crippen LogP contribution in [0.3, 0.4) is 0 Å². The van der Waals surface area contributed by atoms with Gasteiger partial charge in [0, 0.05) is 88.5 Å². The van der Waals surface area contributed by atoms with E-state index in [1.54, 1.807) is 16.3 Å². The number of hydrogen-bond acceptors (Lipinski definition) is 22. The van der Waals surface area contributed by atoms with Crippen molar-refractivity contribution >= 4 is 130 Å². The van der Waals surface area contributed by atoms with Crippen molar-refractivity contribution < 1.29 is 97.2 Å². The summed E-state index contributed by atoms with van der Waals surface area (Å²) in [6, 6.07) is -10.5. The van der Waals surface area contributed by atoms with Crippen molar-refractivity contribution in [1.82, 2.24) is 80.8 Å². The monoisotopic (exact) mass is 2110 g/mol. The smallest absolute Gasteiger partial charge is 0.315 e. The van der Waals surface area contributed by atoms with Gasteiger partial charge < -0.3 is 79.3 Å². The number of fused-ring (bicyclic) bond motifs is 4. The molecule has 814 valence electrons. The first kappa shape index (κ1) is 116. The Balaban J connectivity index is 0.000000207. The highest BCUT2D eigenvalue weighted by Gasteiger charge is 2.73. The quantitative estimate of drug-likeness (QED) is 0.0244. The zero-order valence-electron chi connectivity index (χ0n) is 89.3. The van der Waals surface area contributed by atoms with Gasteiger partial charge in [-0.15, -0.1) is 17.9 Å². The van der Waals surface area contributed by atoms with Crippen LogP contribution in [0.4, 0.5) is 14.4 Å². The van der Waals surface area contributed by atoms with Crippen LogP contribution in [0.25, 0.3) is 0 Å². The molecule has 13 rings (SSSR count). The molecule has 145 heavy (non-hydrogen) atoms. The Labute approximate surface area is 862 Å². The van der Waals surface area contributed by atoms with Gasteiger partial charge in [0.2, 0.25) is 82.9 Å². The third-order valence-corrected chi connectivity index (χ3v) is 39.7. The van der Waals surface area contributed by atoms with Crippen molar-refractivity contribution in [2.24, 2.45) is 108 Å². The number of carbonyl (C=O) groups excluding carboxylic acids is 15. The van der Waals surface area contributed by atoms with Crippen LogP contribution in [-0.4, -0.2) is 284 Å². The average molecular weight is 2110 g/mol. The number of sulfonamides is 3. The van der Waals surface area contributed by atoms with Gasteiger partial charge in [0.05, 0.1) is 34.5 Å². The molecule has 6 aliphatic heterocycles. The summed E-state index contributed by atoms with van der Waals surface area (Å²) in [5, 5.41) is 30.3. The lowest BCUT2D eigenvalue weighted by molar-refractivity contribution is -0.145. The summed E-state index contributed by atoms with van der Waals surface area (Å²) in [5.74, 6) is -7.83. The van der Waals surface area contributed by atoms with Gasteiger partial charge >= 0.3 is 18.1 Å². The standard InChI is InChI=1S/C35H54N6O7S2.C35H58N6O7S.C32H54N6O7S/c1-7-8-14-22(29(42)30(36)43)37-31(44)28-26-21(35(26,5)6)17-41(28)32(45)27(20-12-10-9-11-13-20)39-33(46)38-25(34(2,3)4)19-40-18-23-24(15-16-49-23)50(40,47)48;1-10-15-36-30(44)27(42)23(18-21-13-14-21)37-29(43)26-25-22(35(25,8)9)19-41(26)31(45)28(34(5,6)7)39-32(46)38-24(33(2,3)4)20-40-16-11-12-17-49(40,47)48;1-30(2,3)21(17-37-13-9-10-14-46(37,44)45)35-29(43)36-25(31(4,5)6)28(42)38-16-19-22(32(19,7)8)23(38)27(41)34-20(15-18-11-12-18)24(39)26(33)40/h15-16,20-22,25-28H,7-14,17-19H2,1-6H3,(H2,36,43)(H,37,44)(H2,38,39,46);10,21-26,28H,1,11-20H2,2-9H3,(H,36,44)(H,37,43)(H2,38,39,46);18-23,25H,9-17H2,1-8H3,(H2,33,40)(H,34,41)(H2,35,36,43)/t21-,22?,25+,26-,27-,28-;22-,23?,24+,25-,26-,28+;19-,20?,21+,22-,23-,25+/m000/s1. The zero-order valence-corrected chi connectivity index (χ0v) is 92.6. The zero-order chi connectivity index (χ0) is 108. The fraction of sp³-hybridized carbons (Fsp3) is 0.794. The number of nitrogens with zero attached hydrogens (tertiary/aromatic N) is 6. The summed E-state index contributed by atoms with van der Waals surface area (Å²) in [4.78, 5) is 206. The first-order chi connectivity index (χ1) is 67.0. The molecule has 43 heteroatoms. The van der Waals surface area contributed by atoms with Gasteiger partial charge in [-0.2, -0.15) is 12.9 Å². The molecule has 0 radical (unpaired) electrons. The normalized spacial score (nSPS) is 26.6. The molecule has 3 unspecified atom stereocenters. The maximum absolute atomic E-state index is 14.6. The summed E-state index contributed by atoms with van der Waals surface area (Å²) in [7, 11) is -10.5. The van der Waals surface area contributed by atoms with Gasteiger partial charge in [0.25, 0.3) is 17.7 Å². The molecule has 1 aromatic heterocycles. The Bertz CT molecular complexity index is 5400. The van der Waals surface area contributed by atoms with Gasteiger partial charge in [-0.25, -0.2) is 39.6 Å². The van der Waals surface area contributed by atoms with E-state index in [2.05, 4.69) is 87.4 Å². The molecule has 7 heterocycles. The maximum Gasteiger partial charge on any atom is 0.315 e. The van der Waals surface area contributed by atoms with Gasteiger partial charge in [-0.3, -0.25) is 57.5 Å². The third-order valence-electron chi connectivity index (χ3n) is 32.9. The molecule has 14 N–H and O–H groups in total. The lowest BCUT2D eigenvalue weighted by Gasteiger charge is -2.39. The van der Waals surface area contributed by atoms with E-state index in [4.69, 9.17) is 11.5 Å². The van der Waals surface area contributed by atoms with Crippen molar-refractivity contribution in [3.63, 3.8) is 0 Å². The molecule has 0 bridgehead atoms. The van der Waals surface area contributed by atoms with Crippen molar-refractivity contribution in [2.75, 3.05) is 70.4 Å². The third kappa shape index (κ3) is 27.5. The van der Waals surface area contributed by atoms with E-state index in [-0.39, 0.29) is 126 Å². The number of nitrogens with one attached hydrogen (secondary N) is 10. The van der Waals surface area contributed by atoms with Crippen LogP contribution in [0.15, 0.2) is 29.0 Å². The number of primary amides is 2. The highest BCUT2D eigenvalue weighted by molar-refractivity contribution is 7.90. The number of rotatable bonds is 37. The summed E-state index contributed by atoms with van der Waals surface area (Å²) in [6.07, 6.45) is 14.5. The van der Waals surface area contributed by atoms with E-state index in [1.807, 2.05) is 125 Å². The van der Waals surface area contributed by atoms with Crippen molar-refractivity contribution in [3.8, 4) is 0 Å². The van der Waals surface area contributed by atoms with E-state index >= 15 is 0 Å². The number of piperidine rings is 3. The predicted octanol–water partition coefficient (Wildman–Crippen LogP) is 6.67. The minimum Gasteiger partial charge on any atom is -0.363 e. The first-order valence-electron chi connectivity index (χ1n) is 52.2. The summed E-state index contributed by atoms with van der Waals surface area (Å²) in [6.45, 7) is 48.5. The molecular formula is C102H166N18O21S4. The van der Waals surface area contributed by atoms with Crippen LogP contribution in [0, 0.1) is 96.6 Å². The molecular weight excluding hydrogens is 1940 g/mol. The Kier molecular flexibility index (Phi) is 36.0. The van der Waals surface area contributed by atoms with Crippen LogP contribution in [0.1, 0.15) is 273 Å². The fourth-order valence-electron chi connectivity index (χ4n) is 22.7. The SMILES string of the molecule is C=CCNC(=O)C(=O)C(CC1CC1)NC(=O)[C@@H]1[C@@H]2[C@H](CN1C(=O)[C@@H](NC(=O)N[C@H](CN1CCCCS1(=O)=O)C(C)(C)C)C(C)(C)C)C2(C)C.CC(C)(C)[C@H](NC(=O)N[C@H](CN1CCCCS1(=O)=O)C(C)(C)C)C(=O)N1C[C@H]2[C@@H]([C@H]1C(=O)NC(CC1CC1)C(=O)C(N)=O)C2(C)C.CCCCC(NC(=O)[C@@H]1[C@@H]2[C@H](CN1C(=O)[C@@H](NC(=O)N[C@H](CN1Cc3sccc3S1(=O)=O)C(C)(C)C)C1CCCCC1)C2(C)C)C(=O)C(N)=O. The van der Waals surface area contributed by atoms with Gasteiger partial charge in [-0.05, 0) is 166 Å². The molecule has 0 spiro atoms. The van der Waals surface area contributed by atoms with E-state index in [0.717, 1.165) is 81.9 Å². The maximum atomic E-state index is 14.6. The number of carbonyl (C=O) groups is 15. The highest BCUT2D eigenvalue weighted by atomic mass is 32.2.